The molecular formula is C10H8ClFN2O4. The molecule has 0 atom stereocenters. The van der Waals surface area contributed by atoms with Crippen molar-refractivity contribution in [3.05, 3.63) is 29.0 Å². The van der Waals surface area contributed by atoms with Crippen LogP contribution in [0.5, 0.6) is 0 Å². The van der Waals surface area contributed by atoms with Crippen molar-refractivity contribution < 1.29 is 23.8 Å². The van der Waals surface area contributed by atoms with Crippen LogP contribution in [0, 0.1) is 5.82 Å². The summed E-state index contributed by atoms with van der Waals surface area (Å²) in [5.74, 6) is -2.23. The van der Waals surface area contributed by atoms with Gasteiger partial charge in [-0.3, -0.25) is 0 Å². The number of anilines is 1. The maximum atomic E-state index is 13.6. The molecule has 0 spiro atoms. The molecule has 1 aromatic carbocycles. The number of carbonyl (C=O) groups is 2. The summed E-state index contributed by atoms with van der Waals surface area (Å²) in [4.78, 5) is 21.7. The summed E-state index contributed by atoms with van der Waals surface area (Å²) < 4.78 is 17.9. The molecule has 1 amide bonds. The molecule has 96 valence electrons. The summed E-state index contributed by atoms with van der Waals surface area (Å²) in [7, 11) is 1.06. The average Bonchev–Trinajstić information content (AvgIpc) is 2.30. The Labute approximate surface area is 106 Å². The van der Waals surface area contributed by atoms with Gasteiger partial charge in [-0.05, 0) is 18.2 Å². The van der Waals surface area contributed by atoms with E-state index < -0.39 is 17.9 Å². The van der Waals surface area contributed by atoms with Crippen LogP contribution in [0.2, 0.25) is 5.02 Å². The third-order valence-electron chi connectivity index (χ3n) is 1.77. The van der Waals surface area contributed by atoms with E-state index in [0.29, 0.717) is 11.2 Å². The first-order valence-corrected chi connectivity index (χ1v) is 4.93. The van der Waals surface area contributed by atoms with Crippen LogP contribution in [0.15, 0.2) is 23.3 Å². The zero-order chi connectivity index (χ0) is 13.7. The standard InChI is InChI=1S/C10H8ClFN2O4/c1-18-10(17)14(13-5-9(15)16)8-3-2-6(11)4-7(8)12/h2-5H,1H3,(H,15,16)/b13-5+. The molecule has 18 heavy (non-hydrogen) atoms. The third kappa shape index (κ3) is 3.42. The zero-order valence-electron chi connectivity index (χ0n) is 9.13. The van der Waals surface area contributed by atoms with Gasteiger partial charge >= 0.3 is 12.1 Å². The van der Waals surface area contributed by atoms with Gasteiger partial charge in [0, 0.05) is 5.02 Å². The van der Waals surface area contributed by atoms with E-state index in [0.717, 1.165) is 13.2 Å². The van der Waals surface area contributed by atoms with Crippen LogP contribution in [-0.2, 0) is 9.53 Å². The Morgan fingerprint density at radius 1 is 1.56 bits per heavy atom. The summed E-state index contributed by atoms with van der Waals surface area (Å²) in [6, 6.07) is 3.46. The van der Waals surface area contributed by atoms with Crippen LogP contribution >= 0.6 is 11.6 Å². The van der Waals surface area contributed by atoms with Gasteiger partial charge in [-0.2, -0.15) is 10.1 Å². The van der Waals surface area contributed by atoms with Crippen molar-refractivity contribution in [3.8, 4) is 0 Å². The van der Waals surface area contributed by atoms with E-state index in [1.807, 2.05) is 0 Å². The van der Waals surface area contributed by atoms with Gasteiger partial charge in [0.1, 0.15) is 11.9 Å². The topological polar surface area (TPSA) is 79.2 Å². The lowest BCUT2D eigenvalue weighted by Crippen LogP contribution is -2.26. The Balaban J connectivity index is 3.17. The van der Waals surface area contributed by atoms with Gasteiger partial charge in [0.25, 0.3) is 0 Å². The monoisotopic (exact) mass is 274 g/mol. The number of benzene rings is 1. The fraction of sp³-hybridized carbons (Fsp3) is 0.100. The minimum atomic E-state index is -1.39. The molecule has 0 unspecified atom stereocenters. The van der Waals surface area contributed by atoms with Crippen LogP contribution in [0.1, 0.15) is 0 Å². The minimum absolute atomic E-state index is 0.128. The highest BCUT2D eigenvalue weighted by atomic mass is 35.5. The van der Waals surface area contributed by atoms with Crippen LogP contribution < -0.4 is 5.01 Å². The maximum absolute atomic E-state index is 13.6. The number of methoxy groups -OCH3 is 1. The van der Waals surface area contributed by atoms with Crippen molar-refractivity contribution in [2.24, 2.45) is 5.10 Å². The van der Waals surface area contributed by atoms with Crippen molar-refractivity contribution in [2.75, 3.05) is 12.1 Å². The number of halogens is 2. The number of hydrogen-bond donors (Lipinski definition) is 1. The molecule has 6 nitrogen and oxygen atoms in total. The zero-order valence-corrected chi connectivity index (χ0v) is 9.89. The van der Waals surface area contributed by atoms with E-state index in [-0.39, 0.29) is 10.7 Å². The highest BCUT2D eigenvalue weighted by Gasteiger charge is 2.19. The van der Waals surface area contributed by atoms with Gasteiger partial charge in [0.05, 0.1) is 7.11 Å². The molecule has 1 N–H and O–H groups in total. The Hall–Kier alpha value is -2.15. The van der Waals surface area contributed by atoms with Gasteiger partial charge in [-0.15, -0.1) is 0 Å². The summed E-state index contributed by atoms with van der Waals surface area (Å²) in [5.41, 5.74) is -0.274. The molecule has 0 radical (unpaired) electrons. The van der Waals surface area contributed by atoms with E-state index in [4.69, 9.17) is 16.7 Å². The lowest BCUT2D eigenvalue weighted by atomic mass is 10.3. The molecule has 0 aliphatic carbocycles. The fourth-order valence-corrected chi connectivity index (χ4v) is 1.21. The average molecular weight is 275 g/mol. The van der Waals surface area contributed by atoms with Gasteiger partial charge in [-0.25, -0.2) is 14.0 Å². The molecule has 1 rings (SSSR count). The lowest BCUT2D eigenvalue weighted by Gasteiger charge is -2.15. The molecule has 1 aromatic rings. The molecule has 0 aliphatic heterocycles. The van der Waals surface area contributed by atoms with Crippen LogP contribution in [0.3, 0.4) is 0 Å². The Bertz CT molecular complexity index is 507. The predicted octanol–water partition coefficient (Wildman–Crippen LogP) is 2.12. The van der Waals surface area contributed by atoms with Gasteiger partial charge in [-0.1, -0.05) is 11.6 Å². The molecular weight excluding hydrogens is 267 g/mol. The highest BCUT2D eigenvalue weighted by molar-refractivity contribution is 6.30. The van der Waals surface area contributed by atoms with E-state index in [1.54, 1.807) is 0 Å². The molecule has 0 heterocycles. The number of carboxylic acids is 1. The van der Waals surface area contributed by atoms with Crippen molar-refractivity contribution >= 4 is 35.6 Å². The first-order chi connectivity index (χ1) is 8.45. The molecule has 0 saturated heterocycles. The number of carbonyl (C=O) groups excluding carboxylic acids is 1. The van der Waals surface area contributed by atoms with E-state index in [2.05, 4.69) is 9.84 Å². The Kier molecular flexibility index (Phi) is 4.61. The molecule has 0 aromatic heterocycles. The molecule has 8 heteroatoms. The molecule has 0 saturated carbocycles. The number of hydrazone groups is 1. The number of carboxylic acid groups (broad SMARTS) is 1. The fourth-order valence-electron chi connectivity index (χ4n) is 1.05. The molecule has 0 aliphatic rings. The summed E-state index contributed by atoms with van der Waals surface area (Å²) in [6.45, 7) is 0. The summed E-state index contributed by atoms with van der Waals surface area (Å²) >= 11 is 5.56. The van der Waals surface area contributed by atoms with Crippen LogP contribution in [0.4, 0.5) is 14.9 Å². The van der Waals surface area contributed by atoms with Gasteiger partial charge in [0.15, 0.2) is 5.82 Å². The number of rotatable bonds is 3. The van der Waals surface area contributed by atoms with E-state index in [1.165, 1.54) is 12.1 Å². The quantitative estimate of drug-likeness (QED) is 0.676. The molecule has 0 fully saturated rings. The van der Waals surface area contributed by atoms with Crippen molar-refractivity contribution in [1.82, 2.24) is 0 Å². The molecule has 0 bridgehead atoms. The van der Waals surface area contributed by atoms with Crippen LogP contribution in [-0.4, -0.2) is 30.5 Å². The summed E-state index contributed by atoms with van der Waals surface area (Å²) in [6.07, 6.45) is -0.598. The smallest absolute Gasteiger partial charge is 0.435 e. The number of aliphatic carboxylic acids is 1. The van der Waals surface area contributed by atoms with Crippen molar-refractivity contribution in [2.45, 2.75) is 0 Å². The predicted molar refractivity (Wildman–Crippen MR) is 62.4 cm³/mol. The van der Waals surface area contributed by atoms with Gasteiger partial charge < -0.3 is 9.84 Å². The SMILES string of the molecule is COC(=O)N(/N=C/C(=O)O)c1ccc(Cl)cc1F. The minimum Gasteiger partial charge on any atom is -0.477 e. The second-order valence-corrected chi connectivity index (χ2v) is 3.40. The Morgan fingerprint density at radius 3 is 2.72 bits per heavy atom. The number of nitrogens with zero attached hydrogens (tertiary/aromatic N) is 2. The van der Waals surface area contributed by atoms with E-state index in [9.17, 15) is 14.0 Å². The number of hydrogen-bond acceptors (Lipinski definition) is 4. The second kappa shape index (κ2) is 5.97. The number of amides is 1. The Morgan fingerprint density at radius 2 is 2.22 bits per heavy atom. The van der Waals surface area contributed by atoms with Gasteiger partial charge in [0.2, 0.25) is 0 Å². The largest absolute Gasteiger partial charge is 0.477 e. The highest BCUT2D eigenvalue weighted by Crippen LogP contribution is 2.23. The normalized spacial score (nSPS) is 10.4. The van der Waals surface area contributed by atoms with Crippen LogP contribution in [0.25, 0.3) is 0 Å². The first-order valence-electron chi connectivity index (χ1n) is 4.55. The summed E-state index contributed by atoms with van der Waals surface area (Å²) in [5, 5.41) is 12.3. The van der Waals surface area contributed by atoms with Crippen molar-refractivity contribution in [1.29, 1.82) is 0 Å². The maximum Gasteiger partial charge on any atom is 0.435 e. The number of ether oxygens (including phenoxy) is 1. The third-order valence-corrected chi connectivity index (χ3v) is 2.00. The van der Waals surface area contributed by atoms with Crippen molar-refractivity contribution in [3.63, 3.8) is 0 Å². The van der Waals surface area contributed by atoms with E-state index >= 15 is 0 Å². The first kappa shape index (κ1) is 13.9. The lowest BCUT2D eigenvalue weighted by molar-refractivity contribution is -0.128. The second-order valence-electron chi connectivity index (χ2n) is 2.96.